The van der Waals surface area contributed by atoms with E-state index in [1.54, 1.807) is 12.1 Å². The standard InChI is InChI=1S/C16H17ClFNO/c1-12-4-2-5-14(10-12)20-9-3-8-19-13-6-7-16(18)15(17)11-13/h2,4-7,10-11,19H,3,8-9H2,1H3. The minimum absolute atomic E-state index is 0.131. The van der Waals surface area contributed by atoms with Crippen molar-refractivity contribution in [2.24, 2.45) is 0 Å². The number of halogens is 2. The molecule has 0 fully saturated rings. The second kappa shape index (κ2) is 7.15. The molecular formula is C16H17ClFNO. The first-order valence-electron chi connectivity index (χ1n) is 6.53. The molecule has 2 nitrogen and oxygen atoms in total. The smallest absolute Gasteiger partial charge is 0.141 e. The van der Waals surface area contributed by atoms with Gasteiger partial charge >= 0.3 is 0 Å². The van der Waals surface area contributed by atoms with E-state index in [0.29, 0.717) is 6.61 Å². The van der Waals surface area contributed by atoms with Crippen LogP contribution >= 0.6 is 11.6 Å². The lowest BCUT2D eigenvalue weighted by molar-refractivity contribution is 0.315. The number of rotatable bonds is 6. The Morgan fingerprint density at radius 3 is 2.80 bits per heavy atom. The molecule has 0 aliphatic carbocycles. The molecule has 0 amide bonds. The van der Waals surface area contributed by atoms with E-state index in [4.69, 9.17) is 16.3 Å². The molecule has 2 aromatic carbocycles. The zero-order valence-electron chi connectivity index (χ0n) is 11.3. The first-order valence-corrected chi connectivity index (χ1v) is 6.91. The third-order valence-corrected chi connectivity index (χ3v) is 3.12. The van der Waals surface area contributed by atoms with Gasteiger partial charge in [0, 0.05) is 12.2 Å². The summed E-state index contributed by atoms with van der Waals surface area (Å²) >= 11 is 5.71. The van der Waals surface area contributed by atoms with Crippen LogP contribution in [0.4, 0.5) is 10.1 Å². The van der Waals surface area contributed by atoms with E-state index < -0.39 is 5.82 Å². The van der Waals surface area contributed by atoms with Crippen molar-refractivity contribution < 1.29 is 9.13 Å². The highest BCUT2D eigenvalue weighted by Gasteiger charge is 2.00. The molecule has 0 heterocycles. The van der Waals surface area contributed by atoms with Crippen LogP contribution in [-0.2, 0) is 0 Å². The Balaban J connectivity index is 1.70. The first kappa shape index (κ1) is 14.7. The van der Waals surface area contributed by atoms with Gasteiger partial charge in [-0.15, -0.1) is 0 Å². The van der Waals surface area contributed by atoms with Crippen LogP contribution in [0.15, 0.2) is 42.5 Å². The molecule has 106 valence electrons. The van der Waals surface area contributed by atoms with Gasteiger partial charge in [0.1, 0.15) is 11.6 Å². The molecule has 0 atom stereocenters. The average Bonchev–Trinajstić information content (AvgIpc) is 2.42. The van der Waals surface area contributed by atoms with Crippen molar-refractivity contribution >= 4 is 17.3 Å². The Morgan fingerprint density at radius 1 is 1.20 bits per heavy atom. The monoisotopic (exact) mass is 293 g/mol. The molecule has 0 aliphatic heterocycles. The van der Waals surface area contributed by atoms with Crippen molar-refractivity contribution in [1.29, 1.82) is 0 Å². The molecule has 0 saturated carbocycles. The van der Waals surface area contributed by atoms with E-state index in [0.717, 1.165) is 24.4 Å². The molecule has 0 bridgehead atoms. The van der Waals surface area contributed by atoms with Gasteiger partial charge in [-0.1, -0.05) is 23.7 Å². The minimum atomic E-state index is -0.403. The van der Waals surface area contributed by atoms with Crippen molar-refractivity contribution in [2.75, 3.05) is 18.5 Å². The third-order valence-electron chi connectivity index (χ3n) is 2.83. The van der Waals surface area contributed by atoms with Crippen LogP contribution in [0.5, 0.6) is 5.75 Å². The maximum atomic E-state index is 13.0. The van der Waals surface area contributed by atoms with Gasteiger partial charge in [0.25, 0.3) is 0 Å². The van der Waals surface area contributed by atoms with E-state index in [9.17, 15) is 4.39 Å². The number of benzene rings is 2. The van der Waals surface area contributed by atoms with Crippen molar-refractivity contribution in [3.63, 3.8) is 0 Å². The fourth-order valence-corrected chi connectivity index (χ4v) is 1.99. The van der Waals surface area contributed by atoms with Crippen LogP contribution < -0.4 is 10.1 Å². The van der Waals surface area contributed by atoms with Crippen LogP contribution in [0.25, 0.3) is 0 Å². The van der Waals surface area contributed by atoms with Crippen LogP contribution in [0, 0.1) is 12.7 Å². The quantitative estimate of drug-likeness (QED) is 0.782. The normalized spacial score (nSPS) is 10.3. The Bertz CT molecular complexity index is 574. The van der Waals surface area contributed by atoms with Crippen molar-refractivity contribution in [2.45, 2.75) is 13.3 Å². The molecule has 2 aromatic rings. The third kappa shape index (κ3) is 4.42. The summed E-state index contributed by atoms with van der Waals surface area (Å²) < 4.78 is 18.6. The molecular weight excluding hydrogens is 277 g/mol. The summed E-state index contributed by atoms with van der Waals surface area (Å²) in [6, 6.07) is 12.6. The highest BCUT2D eigenvalue weighted by Crippen LogP contribution is 2.19. The van der Waals surface area contributed by atoms with Crippen molar-refractivity contribution in [1.82, 2.24) is 0 Å². The Kier molecular flexibility index (Phi) is 5.24. The molecule has 0 aliphatic rings. The lowest BCUT2D eigenvalue weighted by atomic mass is 10.2. The van der Waals surface area contributed by atoms with Gasteiger partial charge in [-0.2, -0.15) is 0 Å². The largest absolute Gasteiger partial charge is 0.494 e. The molecule has 0 unspecified atom stereocenters. The highest BCUT2D eigenvalue weighted by molar-refractivity contribution is 6.31. The summed E-state index contributed by atoms with van der Waals surface area (Å²) in [5.41, 5.74) is 1.99. The van der Waals surface area contributed by atoms with E-state index in [2.05, 4.69) is 5.32 Å². The van der Waals surface area contributed by atoms with Crippen LogP contribution in [0.3, 0.4) is 0 Å². The summed E-state index contributed by atoms with van der Waals surface area (Å²) in [7, 11) is 0. The number of nitrogens with one attached hydrogen (secondary N) is 1. The maximum absolute atomic E-state index is 13.0. The maximum Gasteiger partial charge on any atom is 0.141 e. The van der Waals surface area contributed by atoms with E-state index >= 15 is 0 Å². The summed E-state index contributed by atoms with van der Waals surface area (Å²) in [5, 5.41) is 3.31. The zero-order chi connectivity index (χ0) is 14.4. The second-order valence-corrected chi connectivity index (χ2v) is 4.98. The zero-order valence-corrected chi connectivity index (χ0v) is 12.1. The first-order chi connectivity index (χ1) is 9.65. The molecule has 2 rings (SSSR count). The van der Waals surface area contributed by atoms with Crippen molar-refractivity contribution in [3.8, 4) is 5.75 Å². The number of anilines is 1. The SMILES string of the molecule is Cc1cccc(OCCCNc2ccc(F)c(Cl)c2)c1. The summed E-state index contributed by atoms with van der Waals surface area (Å²) in [4.78, 5) is 0. The molecule has 0 saturated heterocycles. The highest BCUT2D eigenvalue weighted by atomic mass is 35.5. The van der Waals surface area contributed by atoms with Crippen LogP contribution in [-0.4, -0.2) is 13.2 Å². The Morgan fingerprint density at radius 2 is 2.05 bits per heavy atom. The predicted octanol–water partition coefficient (Wildman–Crippen LogP) is 4.67. The number of hydrogen-bond donors (Lipinski definition) is 1. The van der Waals surface area contributed by atoms with Crippen molar-refractivity contribution in [3.05, 3.63) is 58.9 Å². The number of hydrogen-bond acceptors (Lipinski definition) is 2. The van der Waals surface area contributed by atoms with E-state index in [1.807, 2.05) is 31.2 Å². The summed E-state index contributed by atoms with van der Waals surface area (Å²) in [6.07, 6.45) is 0.850. The molecule has 1 N–H and O–H groups in total. The Labute approximate surface area is 123 Å². The molecule has 0 spiro atoms. The average molecular weight is 294 g/mol. The van der Waals surface area contributed by atoms with Gasteiger partial charge in [0.05, 0.1) is 11.6 Å². The Hall–Kier alpha value is -1.74. The molecule has 0 radical (unpaired) electrons. The predicted molar refractivity (Wildman–Crippen MR) is 81.2 cm³/mol. The van der Waals surface area contributed by atoms with Gasteiger partial charge in [0.2, 0.25) is 0 Å². The van der Waals surface area contributed by atoms with Gasteiger partial charge < -0.3 is 10.1 Å². The lowest BCUT2D eigenvalue weighted by Crippen LogP contribution is -2.07. The summed E-state index contributed by atoms with van der Waals surface area (Å²) in [5.74, 6) is 0.481. The number of ether oxygens (including phenoxy) is 1. The summed E-state index contributed by atoms with van der Waals surface area (Å²) in [6.45, 7) is 3.41. The van der Waals surface area contributed by atoms with E-state index in [1.165, 1.54) is 11.6 Å². The topological polar surface area (TPSA) is 21.3 Å². The minimum Gasteiger partial charge on any atom is -0.494 e. The fraction of sp³-hybridized carbons (Fsp3) is 0.250. The molecule has 0 aromatic heterocycles. The second-order valence-electron chi connectivity index (χ2n) is 4.57. The molecule has 4 heteroatoms. The van der Waals surface area contributed by atoms with Gasteiger partial charge in [-0.25, -0.2) is 4.39 Å². The van der Waals surface area contributed by atoms with Gasteiger partial charge in [0.15, 0.2) is 0 Å². The van der Waals surface area contributed by atoms with Gasteiger partial charge in [-0.05, 0) is 49.2 Å². The molecule has 20 heavy (non-hydrogen) atoms. The van der Waals surface area contributed by atoms with Crippen LogP contribution in [0.2, 0.25) is 5.02 Å². The van der Waals surface area contributed by atoms with Gasteiger partial charge in [-0.3, -0.25) is 0 Å². The number of aryl methyl sites for hydroxylation is 1. The fourth-order valence-electron chi connectivity index (χ4n) is 1.81. The van der Waals surface area contributed by atoms with Crippen LogP contribution in [0.1, 0.15) is 12.0 Å². The lowest BCUT2D eigenvalue weighted by Gasteiger charge is -2.09. The van der Waals surface area contributed by atoms with E-state index in [-0.39, 0.29) is 5.02 Å².